The van der Waals surface area contributed by atoms with Crippen LogP contribution in [0.15, 0.2) is 65.7 Å². The van der Waals surface area contributed by atoms with Crippen LogP contribution in [0.1, 0.15) is 32.4 Å². The van der Waals surface area contributed by atoms with Crippen LogP contribution < -0.4 is 0 Å². The molecule has 3 aromatic rings. The van der Waals surface area contributed by atoms with Crippen molar-refractivity contribution in [2.75, 3.05) is 26.7 Å². The number of aliphatic hydroxyl groups is 1. The molecule has 10 nitrogen and oxygen atoms in total. The number of fused-ring (bicyclic) bond motifs is 2. The molecule has 0 radical (unpaired) electrons. The van der Waals surface area contributed by atoms with Crippen molar-refractivity contribution >= 4 is 15.9 Å². The molecule has 39 heavy (non-hydrogen) atoms. The molecule has 1 aliphatic heterocycles. The Balaban J connectivity index is 1.55. The zero-order valence-corrected chi connectivity index (χ0v) is 23.5. The van der Waals surface area contributed by atoms with Gasteiger partial charge in [0.2, 0.25) is 15.9 Å². The van der Waals surface area contributed by atoms with Gasteiger partial charge in [0.25, 0.3) is 0 Å². The minimum atomic E-state index is -3.81. The molecule has 0 unspecified atom stereocenters. The average molecular weight is 556 g/mol. The minimum Gasteiger partial charge on any atom is -0.394 e. The van der Waals surface area contributed by atoms with Crippen LogP contribution in [0.25, 0.3) is 11.1 Å². The van der Waals surface area contributed by atoms with Gasteiger partial charge in [-0.3, -0.25) is 9.48 Å². The molecule has 1 amide bonds. The monoisotopic (exact) mass is 555 g/mol. The van der Waals surface area contributed by atoms with Gasteiger partial charge in [0.15, 0.2) is 0 Å². The summed E-state index contributed by atoms with van der Waals surface area (Å²) in [4.78, 5) is 14.9. The van der Waals surface area contributed by atoms with Crippen molar-refractivity contribution in [1.82, 2.24) is 24.2 Å². The predicted molar refractivity (Wildman–Crippen MR) is 147 cm³/mol. The molecule has 2 heterocycles. The molecule has 0 spiro atoms. The first kappa shape index (κ1) is 28.9. The number of amides is 1. The van der Waals surface area contributed by atoms with Gasteiger partial charge in [-0.25, -0.2) is 8.42 Å². The summed E-state index contributed by atoms with van der Waals surface area (Å²) in [5.41, 5.74) is 2.58. The van der Waals surface area contributed by atoms with E-state index in [1.807, 2.05) is 37.3 Å². The average Bonchev–Trinajstić information content (AvgIpc) is 3.41. The normalized spacial score (nSPS) is 20.2. The molecule has 1 N–H and O–H groups in total. The van der Waals surface area contributed by atoms with Gasteiger partial charge in [0.05, 0.1) is 36.5 Å². The molecule has 11 heteroatoms. The van der Waals surface area contributed by atoms with E-state index in [9.17, 15) is 18.3 Å². The maximum Gasteiger partial charge on any atom is 0.242 e. The van der Waals surface area contributed by atoms with Crippen molar-refractivity contribution in [3.8, 4) is 11.1 Å². The van der Waals surface area contributed by atoms with Gasteiger partial charge < -0.3 is 14.7 Å². The van der Waals surface area contributed by atoms with E-state index in [2.05, 4.69) is 10.3 Å². The number of sulfonamides is 1. The van der Waals surface area contributed by atoms with Crippen molar-refractivity contribution in [1.29, 1.82) is 0 Å². The number of nitrogens with zero attached hydrogens (tertiary/aromatic N) is 5. The predicted octanol–water partition coefficient (Wildman–Crippen LogP) is 2.79. The van der Waals surface area contributed by atoms with E-state index in [0.717, 1.165) is 11.1 Å². The van der Waals surface area contributed by atoms with Crippen molar-refractivity contribution < 1.29 is 23.1 Å². The van der Waals surface area contributed by atoms with Crippen LogP contribution in [0.2, 0.25) is 0 Å². The van der Waals surface area contributed by atoms with Crippen LogP contribution in [0.3, 0.4) is 0 Å². The summed E-state index contributed by atoms with van der Waals surface area (Å²) in [7, 11) is -2.27. The summed E-state index contributed by atoms with van der Waals surface area (Å²) in [6.45, 7) is 4.69. The Morgan fingerprint density at radius 1 is 1.13 bits per heavy atom. The van der Waals surface area contributed by atoms with Gasteiger partial charge in [0.1, 0.15) is 5.69 Å². The van der Waals surface area contributed by atoms with Gasteiger partial charge in [-0.15, -0.1) is 5.10 Å². The van der Waals surface area contributed by atoms with Crippen LogP contribution in [0.4, 0.5) is 0 Å². The van der Waals surface area contributed by atoms with Crippen LogP contribution in [0, 0.1) is 5.92 Å². The van der Waals surface area contributed by atoms with Crippen LogP contribution in [0.5, 0.6) is 0 Å². The quantitative estimate of drug-likeness (QED) is 0.476. The Bertz CT molecular complexity index is 1330. The minimum absolute atomic E-state index is 0.0683. The largest absolute Gasteiger partial charge is 0.394 e. The van der Waals surface area contributed by atoms with E-state index in [-0.39, 0.29) is 42.5 Å². The number of hydrogen-bond donors (Lipinski definition) is 1. The number of carbonyl (C=O) groups excluding carboxylic acids is 1. The molecule has 3 atom stereocenters. The first-order valence-corrected chi connectivity index (χ1v) is 14.7. The molecule has 210 valence electrons. The van der Waals surface area contributed by atoms with Crippen molar-refractivity contribution in [3.05, 3.63) is 66.5 Å². The second kappa shape index (κ2) is 12.8. The van der Waals surface area contributed by atoms with Gasteiger partial charge in [-0.05, 0) is 36.6 Å². The van der Waals surface area contributed by atoms with E-state index >= 15 is 0 Å². The van der Waals surface area contributed by atoms with E-state index in [4.69, 9.17) is 4.74 Å². The summed E-state index contributed by atoms with van der Waals surface area (Å²) in [6.07, 6.45) is 2.15. The smallest absolute Gasteiger partial charge is 0.242 e. The third kappa shape index (κ3) is 7.10. The highest BCUT2D eigenvalue weighted by Crippen LogP contribution is 2.24. The Morgan fingerprint density at radius 2 is 1.82 bits per heavy atom. The van der Waals surface area contributed by atoms with E-state index in [1.54, 1.807) is 47.0 Å². The molecule has 2 aromatic carbocycles. The highest BCUT2D eigenvalue weighted by Gasteiger charge is 2.31. The highest BCUT2D eigenvalue weighted by molar-refractivity contribution is 7.89. The molecule has 1 aromatic heterocycles. The zero-order chi connectivity index (χ0) is 28.0. The third-order valence-electron chi connectivity index (χ3n) is 7.15. The number of aromatic nitrogens is 3. The van der Waals surface area contributed by atoms with Gasteiger partial charge in [0, 0.05) is 39.0 Å². The Kier molecular flexibility index (Phi) is 9.49. The fourth-order valence-corrected chi connectivity index (χ4v) is 5.86. The highest BCUT2D eigenvalue weighted by atomic mass is 32.2. The molecule has 2 bridgehead atoms. The summed E-state index contributed by atoms with van der Waals surface area (Å²) >= 11 is 0. The molecule has 4 rings (SSSR count). The van der Waals surface area contributed by atoms with Crippen LogP contribution in [-0.2, 0) is 32.7 Å². The Labute approximate surface area is 230 Å². The summed E-state index contributed by atoms with van der Waals surface area (Å²) < 4.78 is 36.2. The van der Waals surface area contributed by atoms with Gasteiger partial charge in [-0.2, -0.15) is 4.31 Å². The zero-order valence-electron chi connectivity index (χ0n) is 22.7. The van der Waals surface area contributed by atoms with Crippen LogP contribution in [-0.4, -0.2) is 82.5 Å². The summed E-state index contributed by atoms with van der Waals surface area (Å²) in [5, 5.41) is 18.1. The van der Waals surface area contributed by atoms with Crippen molar-refractivity contribution in [2.45, 2.75) is 56.9 Å². The fraction of sp³-hybridized carbons (Fsp3) is 0.464. The number of ether oxygens (including phenoxy) is 1. The van der Waals surface area contributed by atoms with E-state index < -0.39 is 16.1 Å². The number of benzene rings is 2. The summed E-state index contributed by atoms with van der Waals surface area (Å²) in [6, 6.07) is 16.2. The lowest BCUT2D eigenvalue weighted by Gasteiger charge is -2.35. The van der Waals surface area contributed by atoms with Gasteiger partial charge >= 0.3 is 0 Å². The maximum absolute atomic E-state index is 13.5. The van der Waals surface area contributed by atoms with Crippen LogP contribution >= 0.6 is 0 Å². The fourth-order valence-electron chi connectivity index (χ4n) is 4.67. The van der Waals surface area contributed by atoms with Crippen molar-refractivity contribution in [2.24, 2.45) is 5.92 Å². The molecule has 0 saturated carbocycles. The number of rotatable bonds is 7. The molecular formula is C28H37N5O5S. The molecule has 0 fully saturated rings. The Morgan fingerprint density at radius 3 is 2.51 bits per heavy atom. The number of likely N-dealkylation sites (N-methyl/N-ethyl adjacent to an activating group) is 1. The first-order chi connectivity index (χ1) is 18.7. The number of aryl methyl sites for hydroxylation is 1. The molecule has 0 saturated heterocycles. The van der Waals surface area contributed by atoms with E-state index in [0.29, 0.717) is 31.6 Å². The maximum atomic E-state index is 13.5. The van der Waals surface area contributed by atoms with E-state index in [1.165, 1.54) is 11.4 Å². The SMILES string of the molecule is C[C@@H]1CN([C@@H](C)CO)C(=O)CCCn2cc(nn2)CO[C@@H]1CN(C)S(=O)(=O)c1ccc(-c2ccccc2)cc1. The standard InChI is InChI=1S/C28H37N5O5S/c1-21-16-33(22(2)19-34)28(35)10-7-15-32-17-25(29-30-32)20-38-27(21)18-31(3)39(36,37)26-13-11-24(12-14-26)23-8-5-4-6-9-23/h4-6,8-9,11-14,17,21-22,27,34H,7,10,15-16,18-20H2,1-3H3/t21-,22+,27-/m1/s1. The lowest BCUT2D eigenvalue weighted by Crippen LogP contribution is -2.47. The first-order valence-electron chi connectivity index (χ1n) is 13.2. The third-order valence-corrected chi connectivity index (χ3v) is 8.99. The number of carbonyl (C=O) groups is 1. The van der Waals surface area contributed by atoms with Gasteiger partial charge in [-0.1, -0.05) is 54.6 Å². The second-order valence-electron chi connectivity index (χ2n) is 10.2. The number of aliphatic hydroxyl groups excluding tert-OH is 1. The Hall–Kier alpha value is -3.12. The lowest BCUT2D eigenvalue weighted by molar-refractivity contribution is -0.136. The number of hydrogen-bond acceptors (Lipinski definition) is 7. The topological polar surface area (TPSA) is 118 Å². The summed E-state index contributed by atoms with van der Waals surface area (Å²) in [5.74, 6) is -0.293. The molecule has 1 aliphatic rings. The second-order valence-corrected chi connectivity index (χ2v) is 12.2. The lowest BCUT2D eigenvalue weighted by atomic mass is 10.0. The molecular weight excluding hydrogens is 518 g/mol. The molecule has 0 aliphatic carbocycles. The van der Waals surface area contributed by atoms with Crippen molar-refractivity contribution in [3.63, 3.8) is 0 Å².